The van der Waals surface area contributed by atoms with Gasteiger partial charge in [-0.1, -0.05) is 6.07 Å². The SMILES string of the molecule is CCn1cc(C=O)c(-c2cccc(F)c2F)n1. The van der Waals surface area contributed by atoms with E-state index in [-0.39, 0.29) is 16.8 Å². The number of aldehydes is 1. The summed E-state index contributed by atoms with van der Waals surface area (Å²) in [5.41, 5.74) is 0.412. The zero-order valence-electron chi connectivity index (χ0n) is 9.15. The van der Waals surface area contributed by atoms with Gasteiger partial charge in [-0.05, 0) is 19.1 Å². The summed E-state index contributed by atoms with van der Waals surface area (Å²) < 4.78 is 28.2. The molecule has 0 aliphatic heterocycles. The second-order valence-electron chi connectivity index (χ2n) is 3.51. The first-order valence-electron chi connectivity index (χ1n) is 5.14. The van der Waals surface area contributed by atoms with Gasteiger partial charge in [0.25, 0.3) is 0 Å². The molecule has 0 saturated carbocycles. The van der Waals surface area contributed by atoms with Crippen molar-refractivity contribution in [2.45, 2.75) is 13.5 Å². The molecule has 0 N–H and O–H groups in total. The van der Waals surface area contributed by atoms with Crippen LogP contribution in [-0.4, -0.2) is 16.1 Å². The fourth-order valence-electron chi connectivity index (χ4n) is 1.58. The van der Waals surface area contributed by atoms with Crippen LogP contribution in [0.1, 0.15) is 17.3 Å². The lowest BCUT2D eigenvalue weighted by Crippen LogP contribution is -1.95. The third-order valence-corrected chi connectivity index (χ3v) is 2.45. The summed E-state index contributed by atoms with van der Waals surface area (Å²) in [5.74, 6) is -1.94. The van der Waals surface area contributed by atoms with Gasteiger partial charge in [0.1, 0.15) is 5.69 Å². The second-order valence-corrected chi connectivity index (χ2v) is 3.51. The number of rotatable bonds is 3. The fraction of sp³-hybridized carbons (Fsp3) is 0.167. The molecule has 0 saturated heterocycles. The normalized spacial score (nSPS) is 10.5. The lowest BCUT2D eigenvalue weighted by Gasteiger charge is -2.01. The molecule has 1 aromatic carbocycles. The van der Waals surface area contributed by atoms with Gasteiger partial charge in [0.05, 0.1) is 5.56 Å². The summed E-state index contributed by atoms with van der Waals surface area (Å²) >= 11 is 0. The molecule has 0 atom stereocenters. The highest BCUT2D eigenvalue weighted by Crippen LogP contribution is 2.25. The van der Waals surface area contributed by atoms with Crippen LogP contribution in [-0.2, 0) is 6.54 Å². The molecule has 17 heavy (non-hydrogen) atoms. The first-order chi connectivity index (χ1) is 8.17. The molecule has 2 aromatic rings. The average Bonchev–Trinajstić information content (AvgIpc) is 2.76. The Morgan fingerprint density at radius 1 is 1.41 bits per heavy atom. The Hall–Kier alpha value is -2.04. The van der Waals surface area contributed by atoms with Gasteiger partial charge in [0.15, 0.2) is 17.9 Å². The number of benzene rings is 1. The van der Waals surface area contributed by atoms with E-state index in [4.69, 9.17) is 0 Å². The van der Waals surface area contributed by atoms with E-state index in [1.54, 1.807) is 0 Å². The lowest BCUT2D eigenvalue weighted by atomic mass is 10.1. The highest BCUT2D eigenvalue weighted by Gasteiger charge is 2.16. The Labute approximate surface area is 96.7 Å². The Morgan fingerprint density at radius 2 is 2.18 bits per heavy atom. The quantitative estimate of drug-likeness (QED) is 0.768. The molecule has 88 valence electrons. The molecule has 0 spiro atoms. The van der Waals surface area contributed by atoms with Gasteiger partial charge in [-0.2, -0.15) is 5.10 Å². The van der Waals surface area contributed by atoms with Crippen molar-refractivity contribution in [1.29, 1.82) is 0 Å². The fourth-order valence-corrected chi connectivity index (χ4v) is 1.58. The minimum absolute atomic E-state index is 0.000648. The summed E-state index contributed by atoms with van der Waals surface area (Å²) in [6, 6.07) is 3.80. The summed E-state index contributed by atoms with van der Waals surface area (Å²) in [6.07, 6.45) is 2.09. The number of carbonyl (C=O) groups is 1. The number of aromatic nitrogens is 2. The maximum absolute atomic E-state index is 13.6. The number of hydrogen-bond acceptors (Lipinski definition) is 2. The number of nitrogens with zero attached hydrogens (tertiary/aromatic N) is 2. The van der Waals surface area contributed by atoms with Crippen molar-refractivity contribution >= 4 is 6.29 Å². The van der Waals surface area contributed by atoms with Crippen molar-refractivity contribution in [2.75, 3.05) is 0 Å². The summed E-state index contributed by atoms with van der Waals surface area (Å²) in [7, 11) is 0. The molecule has 0 fully saturated rings. The van der Waals surface area contributed by atoms with Gasteiger partial charge in [-0.25, -0.2) is 8.78 Å². The van der Waals surface area contributed by atoms with Crippen LogP contribution in [0, 0.1) is 11.6 Å². The van der Waals surface area contributed by atoms with Crippen LogP contribution < -0.4 is 0 Å². The predicted molar refractivity (Wildman–Crippen MR) is 58.6 cm³/mol. The zero-order chi connectivity index (χ0) is 12.4. The molecule has 0 unspecified atom stereocenters. The third kappa shape index (κ3) is 1.95. The minimum atomic E-state index is -0.989. The number of aryl methyl sites for hydroxylation is 1. The van der Waals surface area contributed by atoms with E-state index in [0.717, 1.165) is 6.07 Å². The maximum Gasteiger partial charge on any atom is 0.168 e. The predicted octanol–water partition coefficient (Wildman–Crippen LogP) is 2.66. The van der Waals surface area contributed by atoms with E-state index in [2.05, 4.69) is 5.10 Å². The third-order valence-electron chi connectivity index (χ3n) is 2.45. The van der Waals surface area contributed by atoms with Gasteiger partial charge in [0.2, 0.25) is 0 Å². The summed E-state index contributed by atoms with van der Waals surface area (Å²) in [5, 5.41) is 4.05. The first kappa shape index (κ1) is 11.4. The maximum atomic E-state index is 13.6. The van der Waals surface area contributed by atoms with Crippen molar-refractivity contribution in [2.24, 2.45) is 0 Å². The van der Waals surface area contributed by atoms with Crippen LogP contribution in [0.4, 0.5) is 8.78 Å². The standard InChI is InChI=1S/C12H10F2N2O/c1-2-16-6-8(7-17)12(15-16)9-4-3-5-10(13)11(9)14/h3-7H,2H2,1H3. The molecule has 0 aliphatic rings. The van der Waals surface area contributed by atoms with Crippen molar-refractivity contribution in [3.05, 3.63) is 41.6 Å². The van der Waals surface area contributed by atoms with Crippen LogP contribution in [0.5, 0.6) is 0 Å². The van der Waals surface area contributed by atoms with Gasteiger partial charge in [-0.15, -0.1) is 0 Å². The second kappa shape index (κ2) is 4.45. The Bertz CT molecular complexity index is 564. The molecule has 0 radical (unpaired) electrons. The highest BCUT2D eigenvalue weighted by atomic mass is 19.2. The van der Waals surface area contributed by atoms with E-state index in [0.29, 0.717) is 12.8 Å². The average molecular weight is 236 g/mol. The monoisotopic (exact) mass is 236 g/mol. The van der Waals surface area contributed by atoms with E-state index in [9.17, 15) is 13.6 Å². The van der Waals surface area contributed by atoms with Gasteiger partial charge in [-0.3, -0.25) is 9.48 Å². The summed E-state index contributed by atoms with van der Waals surface area (Å²) in [6.45, 7) is 2.39. The van der Waals surface area contributed by atoms with E-state index >= 15 is 0 Å². The largest absolute Gasteiger partial charge is 0.298 e. The van der Waals surface area contributed by atoms with Crippen molar-refractivity contribution in [1.82, 2.24) is 9.78 Å². The van der Waals surface area contributed by atoms with Crippen molar-refractivity contribution < 1.29 is 13.6 Å². The molecular formula is C12H10F2N2O. The molecule has 1 heterocycles. The van der Waals surface area contributed by atoms with Crippen LogP contribution >= 0.6 is 0 Å². The van der Waals surface area contributed by atoms with E-state index < -0.39 is 11.6 Å². The van der Waals surface area contributed by atoms with Crippen LogP contribution in [0.25, 0.3) is 11.3 Å². The molecule has 3 nitrogen and oxygen atoms in total. The van der Waals surface area contributed by atoms with Crippen LogP contribution in [0.3, 0.4) is 0 Å². The van der Waals surface area contributed by atoms with Crippen molar-refractivity contribution in [3.63, 3.8) is 0 Å². The Kier molecular flexibility index (Phi) is 2.99. The lowest BCUT2D eigenvalue weighted by molar-refractivity contribution is 0.112. The van der Waals surface area contributed by atoms with E-state index in [1.165, 1.54) is 23.0 Å². The Balaban J connectivity index is 2.63. The number of hydrogen-bond donors (Lipinski definition) is 0. The molecule has 1 aromatic heterocycles. The van der Waals surface area contributed by atoms with E-state index in [1.807, 2.05) is 6.92 Å². The Morgan fingerprint density at radius 3 is 2.82 bits per heavy atom. The summed E-state index contributed by atoms with van der Waals surface area (Å²) in [4.78, 5) is 10.9. The molecule has 0 amide bonds. The number of halogens is 2. The topological polar surface area (TPSA) is 34.9 Å². The minimum Gasteiger partial charge on any atom is -0.298 e. The van der Waals surface area contributed by atoms with Gasteiger partial charge in [0, 0.05) is 18.3 Å². The number of carbonyl (C=O) groups excluding carboxylic acids is 1. The van der Waals surface area contributed by atoms with Gasteiger partial charge < -0.3 is 0 Å². The molecule has 0 aliphatic carbocycles. The zero-order valence-corrected chi connectivity index (χ0v) is 9.15. The van der Waals surface area contributed by atoms with Crippen LogP contribution in [0.15, 0.2) is 24.4 Å². The molecule has 0 bridgehead atoms. The molecule has 2 rings (SSSR count). The molecular weight excluding hydrogens is 226 g/mol. The first-order valence-corrected chi connectivity index (χ1v) is 5.14. The smallest absolute Gasteiger partial charge is 0.168 e. The van der Waals surface area contributed by atoms with Crippen molar-refractivity contribution in [3.8, 4) is 11.3 Å². The highest BCUT2D eigenvalue weighted by molar-refractivity contribution is 5.85. The van der Waals surface area contributed by atoms with Gasteiger partial charge >= 0.3 is 0 Å². The molecule has 5 heteroatoms. The van der Waals surface area contributed by atoms with Crippen LogP contribution in [0.2, 0.25) is 0 Å².